The smallest absolute Gasteiger partial charge is 0.00389 e. The highest BCUT2D eigenvalue weighted by molar-refractivity contribution is 5.19. The summed E-state index contributed by atoms with van der Waals surface area (Å²) in [6.07, 6.45) is 9.22. The Bertz CT molecular complexity index is 186. The molecule has 0 heteroatoms. The van der Waals surface area contributed by atoms with Crippen molar-refractivity contribution in [2.75, 3.05) is 0 Å². The zero-order valence-electron chi connectivity index (χ0n) is 9.27. The minimum Gasteiger partial charge on any atom is -0.125 e. The number of rotatable bonds is 6. The maximum absolute atomic E-state index is 3.75. The maximum Gasteiger partial charge on any atom is -0.00389 e. The first-order chi connectivity index (χ1) is 6.29. The van der Waals surface area contributed by atoms with Crippen LogP contribution in [0.1, 0.15) is 46.5 Å². The Morgan fingerprint density at radius 3 is 2.15 bits per heavy atom. The lowest BCUT2D eigenvalue weighted by Gasteiger charge is -2.14. The van der Waals surface area contributed by atoms with Crippen LogP contribution in [0.2, 0.25) is 0 Å². The van der Waals surface area contributed by atoms with E-state index in [9.17, 15) is 0 Å². The molecule has 0 saturated heterocycles. The van der Waals surface area contributed by atoms with Crippen molar-refractivity contribution in [2.45, 2.75) is 46.5 Å². The lowest BCUT2D eigenvalue weighted by Crippen LogP contribution is -2.01. The minimum atomic E-state index is 0.670. The van der Waals surface area contributed by atoms with Gasteiger partial charge in [0.15, 0.2) is 0 Å². The third-order valence-electron chi connectivity index (χ3n) is 2.26. The van der Waals surface area contributed by atoms with Crippen molar-refractivity contribution in [2.24, 2.45) is 5.92 Å². The second-order valence-corrected chi connectivity index (χ2v) is 3.41. The van der Waals surface area contributed by atoms with Crippen LogP contribution in [0.15, 0.2) is 30.0 Å². The summed E-state index contributed by atoms with van der Waals surface area (Å²) in [7, 11) is 0. The van der Waals surface area contributed by atoms with E-state index in [1.807, 2.05) is 6.92 Å². The molecule has 0 unspecified atom stereocenters. The van der Waals surface area contributed by atoms with Crippen molar-refractivity contribution in [3.05, 3.63) is 30.0 Å². The molecule has 0 atom stereocenters. The van der Waals surface area contributed by atoms with E-state index in [2.05, 4.69) is 38.3 Å². The van der Waals surface area contributed by atoms with Crippen LogP contribution in [0.25, 0.3) is 0 Å². The van der Waals surface area contributed by atoms with Crippen molar-refractivity contribution >= 4 is 0 Å². The molecule has 0 aliphatic carbocycles. The Morgan fingerprint density at radius 1 is 1.31 bits per heavy atom. The molecule has 0 aromatic carbocycles. The predicted molar refractivity (Wildman–Crippen MR) is 60.8 cm³/mol. The van der Waals surface area contributed by atoms with Crippen LogP contribution in [0.3, 0.4) is 0 Å². The normalized spacial score (nSPS) is 10.8. The Labute approximate surface area is 83.0 Å². The van der Waals surface area contributed by atoms with Gasteiger partial charge in [-0.3, -0.25) is 0 Å². The van der Waals surface area contributed by atoms with Crippen molar-refractivity contribution < 1.29 is 0 Å². The quantitative estimate of drug-likeness (QED) is 0.415. The molecule has 0 fully saturated rings. The van der Waals surface area contributed by atoms with Crippen molar-refractivity contribution in [3.63, 3.8) is 0 Å². The Balaban J connectivity index is 4.39. The van der Waals surface area contributed by atoms with E-state index in [1.54, 1.807) is 0 Å². The molecule has 0 spiro atoms. The molecule has 0 N–H and O–H groups in total. The van der Waals surface area contributed by atoms with Crippen molar-refractivity contribution in [1.82, 2.24) is 0 Å². The maximum atomic E-state index is 3.75. The molecule has 0 heterocycles. The van der Waals surface area contributed by atoms with E-state index in [0.29, 0.717) is 5.92 Å². The minimum absolute atomic E-state index is 0.670. The second kappa shape index (κ2) is 7.89. The lowest BCUT2D eigenvalue weighted by molar-refractivity contribution is 0.513. The van der Waals surface area contributed by atoms with E-state index in [0.717, 1.165) is 0 Å². The van der Waals surface area contributed by atoms with Gasteiger partial charge in [0.25, 0.3) is 0 Å². The molecule has 0 saturated carbocycles. The zero-order chi connectivity index (χ0) is 10.1. The molecule has 0 aromatic heterocycles. The zero-order valence-corrected chi connectivity index (χ0v) is 9.27. The number of hydrogen-bond donors (Lipinski definition) is 0. The van der Waals surface area contributed by atoms with Crippen LogP contribution >= 0.6 is 0 Å². The molecular weight excluding hydrogens is 156 g/mol. The van der Waals surface area contributed by atoms with Crippen LogP contribution in [-0.4, -0.2) is 0 Å². The first kappa shape index (κ1) is 12.3. The summed E-state index contributed by atoms with van der Waals surface area (Å²) in [5, 5.41) is 0. The fourth-order valence-corrected chi connectivity index (χ4v) is 1.67. The molecule has 13 heavy (non-hydrogen) atoms. The highest BCUT2D eigenvalue weighted by Gasteiger charge is 2.09. The molecule has 0 aromatic rings. The largest absolute Gasteiger partial charge is 0.125 e. The summed E-state index contributed by atoms with van der Waals surface area (Å²) < 4.78 is 0. The third kappa shape index (κ3) is 4.75. The monoisotopic (exact) mass is 178 g/mol. The van der Waals surface area contributed by atoms with E-state index in [4.69, 9.17) is 0 Å². The number of allylic oxidation sites excluding steroid dienone is 3. The predicted octanol–water partition coefficient (Wildman–Crippen LogP) is 4.49. The van der Waals surface area contributed by atoms with E-state index in [-0.39, 0.29) is 0 Å². The van der Waals surface area contributed by atoms with Gasteiger partial charge in [0.05, 0.1) is 0 Å². The van der Waals surface area contributed by atoms with Crippen LogP contribution in [0.4, 0.5) is 0 Å². The van der Waals surface area contributed by atoms with Gasteiger partial charge in [-0.1, -0.05) is 45.4 Å². The first-order valence-corrected chi connectivity index (χ1v) is 5.32. The highest BCUT2D eigenvalue weighted by atomic mass is 14.1. The van der Waals surface area contributed by atoms with Gasteiger partial charge >= 0.3 is 0 Å². The van der Waals surface area contributed by atoms with Gasteiger partial charge in [-0.05, 0) is 31.3 Å². The average Bonchev–Trinajstić information content (AvgIpc) is 2.14. The second-order valence-electron chi connectivity index (χ2n) is 3.41. The highest BCUT2D eigenvalue weighted by Crippen LogP contribution is 2.22. The topological polar surface area (TPSA) is 0 Å². The van der Waals surface area contributed by atoms with Gasteiger partial charge in [-0.15, -0.1) is 5.73 Å². The van der Waals surface area contributed by atoms with Gasteiger partial charge in [0.1, 0.15) is 0 Å². The van der Waals surface area contributed by atoms with Crippen LogP contribution in [0.5, 0.6) is 0 Å². The molecule has 0 aliphatic rings. The Kier molecular flexibility index (Phi) is 7.44. The summed E-state index contributed by atoms with van der Waals surface area (Å²) in [6.45, 7) is 10.3. The van der Waals surface area contributed by atoms with Gasteiger partial charge in [0, 0.05) is 0 Å². The molecule has 74 valence electrons. The van der Waals surface area contributed by atoms with Gasteiger partial charge in [-0.25, -0.2) is 0 Å². The molecule has 0 nitrogen and oxygen atoms in total. The molecule has 0 bridgehead atoms. The lowest BCUT2D eigenvalue weighted by atomic mass is 9.90. The van der Waals surface area contributed by atoms with Gasteiger partial charge in [0.2, 0.25) is 0 Å². The fourth-order valence-electron chi connectivity index (χ4n) is 1.67. The number of hydrogen-bond acceptors (Lipinski definition) is 0. The van der Waals surface area contributed by atoms with Crippen molar-refractivity contribution in [3.8, 4) is 0 Å². The van der Waals surface area contributed by atoms with E-state index in [1.165, 1.54) is 31.3 Å². The summed E-state index contributed by atoms with van der Waals surface area (Å²) in [5.41, 5.74) is 4.34. The summed E-state index contributed by atoms with van der Waals surface area (Å²) in [5.74, 6) is 0.670. The average molecular weight is 178 g/mol. The van der Waals surface area contributed by atoms with Gasteiger partial charge < -0.3 is 0 Å². The van der Waals surface area contributed by atoms with E-state index >= 15 is 0 Å². The fraction of sp³-hybridized carbons (Fsp3) is 0.615. The molecular formula is C13H22. The summed E-state index contributed by atoms with van der Waals surface area (Å²) in [6, 6.07) is 0. The van der Waals surface area contributed by atoms with Crippen molar-refractivity contribution in [1.29, 1.82) is 0 Å². The third-order valence-corrected chi connectivity index (χ3v) is 2.26. The molecule has 0 amide bonds. The Hall–Kier alpha value is -0.740. The van der Waals surface area contributed by atoms with Gasteiger partial charge in [-0.2, -0.15) is 0 Å². The van der Waals surface area contributed by atoms with E-state index < -0.39 is 0 Å². The van der Waals surface area contributed by atoms with Crippen LogP contribution < -0.4 is 0 Å². The molecule has 0 rings (SSSR count). The summed E-state index contributed by atoms with van der Waals surface area (Å²) in [4.78, 5) is 0. The molecule has 0 aliphatic heterocycles. The Morgan fingerprint density at radius 2 is 1.85 bits per heavy atom. The SMILES string of the molecule is C=C=C(/C=C\C)C(CCC)CCC. The summed E-state index contributed by atoms with van der Waals surface area (Å²) >= 11 is 0. The first-order valence-electron chi connectivity index (χ1n) is 5.32. The van der Waals surface area contributed by atoms with Crippen LogP contribution in [-0.2, 0) is 0 Å². The standard InChI is InChI=1S/C13H22/c1-5-9-12(8-4)13(10-6-2)11-7-3/h5,9,13H,4,6-7,10-11H2,1-3H3/b9-5-. The molecule has 0 radical (unpaired) electrons. The van der Waals surface area contributed by atoms with Crippen LogP contribution in [0, 0.1) is 5.92 Å².